The summed E-state index contributed by atoms with van der Waals surface area (Å²) in [5.41, 5.74) is 0. The maximum absolute atomic E-state index is 11.8. The van der Waals surface area contributed by atoms with Gasteiger partial charge in [-0.15, -0.1) is 0 Å². The number of likely N-dealkylation sites (N-methyl/N-ethyl adjacent to an activating group) is 1. The Morgan fingerprint density at radius 2 is 2.31 bits per heavy atom. The summed E-state index contributed by atoms with van der Waals surface area (Å²) in [6.07, 6.45) is 0.695. The van der Waals surface area contributed by atoms with Crippen LogP contribution in [-0.4, -0.2) is 61.3 Å². The van der Waals surface area contributed by atoms with Gasteiger partial charge in [-0.05, 0) is 6.42 Å². The molecule has 0 radical (unpaired) electrons. The van der Waals surface area contributed by atoms with Crippen LogP contribution in [0.25, 0.3) is 0 Å². The van der Waals surface area contributed by atoms with Gasteiger partial charge in [-0.3, -0.25) is 9.59 Å². The Kier molecular flexibility index (Phi) is 5.21. The first-order valence-electron chi connectivity index (χ1n) is 5.40. The van der Waals surface area contributed by atoms with Crippen molar-refractivity contribution in [3.8, 4) is 0 Å². The molecule has 1 fully saturated rings. The molecule has 0 aromatic carbocycles. The van der Waals surface area contributed by atoms with Crippen molar-refractivity contribution >= 4 is 11.8 Å². The highest BCUT2D eigenvalue weighted by molar-refractivity contribution is 5.87. The van der Waals surface area contributed by atoms with Crippen molar-refractivity contribution in [2.75, 3.05) is 33.4 Å². The lowest BCUT2D eigenvalue weighted by molar-refractivity contribution is -0.148. The van der Waals surface area contributed by atoms with Gasteiger partial charge in [0.2, 0.25) is 11.8 Å². The summed E-state index contributed by atoms with van der Waals surface area (Å²) >= 11 is 0. The number of amides is 2. The molecule has 0 aromatic rings. The predicted molar refractivity (Wildman–Crippen MR) is 56.7 cm³/mol. The van der Waals surface area contributed by atoms with Crippen LogP contribution in [0.5, 0.6) is 0 Å². The first-order chi connectivity index (χ1) is 7.70. The molecule has 1 aliphatic heterocycles. The molecule has 0 aliphatic carbocycles. The van der Waals surface area contributed by atoms with Crippen molar-refractivity contribution in [2.45, 2.75) is 18.9 Å². The third-order valence-corrected chi connectivity index (χ3v) is 2.55. The highest BCUT2D eigenvalue weighted by Crippen LogP contribution is 2.09. The van der Waals surface area contributed by atoms with Crippen LogP contribution in [0.2, 0.25) is 0 Å². The summed E-state index contributed by atoms with van der Waals surface area (Å²) in [7, 11) is 1.54. The number of hydrogen-bond acceptors (Lipinski definition) is 4. The second-order valence-electron chi connectivity index (χ2n) is 3.62. The number of carbonyl (C=O) groups is 2. The summed E-state index contributed by atoms with van der Waals surface area (Å²) in [5.74, 6) is -0.317. The van der Waals surface area contributed by atoms with Gasteiger partial charge in [0.05, 0.1) is 13.2 Å². The molecule has 1 rings (SSSR count). The van der Waals surface area contributed by atoms with E-state index in [1.165, 1.54) is 11.9 Å². The fraction of sp³-hybridized carbons (Fsp3) is 0.800. The minimum absolute atomic E-state index is 0.0132. The summed E-state index contributed by atoms with van der Waals surface area (Å²) in [4.78, 5) is 24.8. The molecule has 1 atom stereocenters. The molecule has 6 nitrogen and oxygen atoms in total. The van der Waals surface area contributed by atoms with E-state index in [0.29, 0.717) is 19.6 Å². The Morgan fingerprint density at radius 1 is 1.56 bits per heavy atom. The summed E-state index contributed by atoms with van der Waals surface area (Å²) in [6, 6.07) is -0.537. The van der Waals surface area contributed by atoms with E-state index in [0.717, 1.165) is 0 Å². The van der Waals surface area contributed by atoms with Crippen LogP contribution in [0.4, 0.5) is 0 Å². The zero-order valence-electron chi connectivity index (χ0n) is 9.44. The fourth-order valence-electron chi connectivity index (χ4n) is 1.66. The average molecular weight is 230 g/mol. The van der Waals surface area contributed by atoms with Crippen LogP contribution >= 0.6 is 0 Å². The third-order valence-electron chi connectivity index (χ3n) is 2.55. The molecule has 0 spiro atoms. The molecule has 1 aliphatic rings. The fourth-order valence-corrected chi connectivity index (χ4v) is 1.66. The van der Waals surface area contributed by atoms with Crippen molar-refractivity contribution < 1.29 is 19.4 Å². The standard InChI is InChI=1S/C10H18N2O4/c1-11-10(15)8-7-16-6-4-12(8)9(14)3-2-5-13/h8,13H,2-7H2,1H3,(H,11,15). The molecule has 92 valence electrons. The molecular formula is C10H18N2O4. The molecular weight excluding hydrogens is 212 g/mol. The van der Waals surface area contributed by atoms with Gasteiger partial charge in [0.1, 0.15) is 6.04 Å². The van der Waals surface area contributed by atoms with Gasteiger partial charge in [0.25, 0.3) is 0 Å². The number of nitrogens with one attached hydrogen (secondary N) is 1. The molecule has 1 heterocycles. The topological polar surface area (TPSA) is 78.9 Å². The van der Waals surface area contributed by atoms with E-state index in [-0.39, 0.29) is 31.4 Å². The SMILES string of the molecule is CNC(=O)C1COCCN1C(=O)CCCO. The van der Waals surface area contributed by atoms with Crippen molar-refractivity contribution in [2.24, 2.45) is 0 Å². The first kappa shape index (κ1) is 12.9. The Bertz CT molecular complexity index is 257. The Hall–Kier alpha value is -1.14. The number of morpholine rings is 1. The molecule has 2 N–H and O–H groups in total. The second kappa shape index (κ2) is 6.44. The molecule has 6 heteroatoms. The van der Waals surface area contributed by atoms with E-state index in [1.54, 1.807) is 0 Å². The second-order valence-corrected chi connectivity index (χ2v) is 3.62. The Balaban J connectivity index is 2.59. The number of hydrogen-bond donors (Lipinski definition) is 2. The zero-order chi connectivity index (χ0) is 12.0. The van der Waals surface area contributed by atoms with E-state index < -0.39 is 6.04 Å². The predicted octanol–water partition coefficient (Wildman–Crippen LogP) is -1.27. The van der Waals surface area contributed by atoms with Crippen LogP contribution in [0.3, 0.4) is 0 Å². The Morgan fingerprint density at radius 3 is 2.94 bits per heavy atom. The lowest BCUT2D eigenvalue weighted by Gasteiger charge is -2.34. The molecule has 0 aromatic heterocycles. The molecule has 16 heavy (non-hydrogen) atoms. The van der Waals surface area contributed by atoms with Gasteiger partial charge in [0.15, 0.2) is 0 Å². The van der Waals surface area contributed by atoms with Crippen LogP contribution in [-0.2, 0) is 14.3 Å². The highest BCUT2D eigenvalue weighted by Gasteiger charge is 2.31. The van der Waals surface area contributed by atoms with E-state index in [2.05, 4.69) is 5.32 Å². The highest BCUT2D eigenvalue weighted by atomic mass is 16.5. The lowest BCUT2D eigenvalue weighted by atomic mass is 10.2. The summed E-state index contributed by atoms with van der Waals surface area (Å²) in [6.45, 7) is 1.12. The van der Waals surface area contributed by atoms with Crippen LogP contribution in [0.15, 0.2) is 0 Å². The van der Waals surface area contributed by atoms with Crippen LogP contribution in [0, 0.1) is 0 Å². The molecule has 0 saturated carbocycles. The minimum Gasteiger partial charge on any atom is -0.396 e. The molecule has 1 unspecified atom stereocenters. The van der Waals surface area contributed by atoms with Crippen LogP contribution < -0.4 is 5.32 Å². The van der Waals surface area contributed by atoms with E-state index in [9.17, 15) is 9.59 Å². The van der Waals surface area contributed by atoms with E-state index in [1.807, 2.05) is 0 Å². The largest absolute Gasteiger partial charge is 0.396 e. The number of carbonyl (C=O) groups excluding carboxylic acids is 2. The van der Waals surface area contributed by atoms with Crippen molar-refractivity contribution in [1.29, 1.82) is 0 Å². The van der Waals surface area contributed by atoms with Gasteiger partial charge in [0, 0.05) is 26.6 Å². The number of aliphatic hydroxyl groups is 1. The molecule has 1 saturated heterocycles. The van der Waals surface area contributed by atoms with Crippen molar-refractivity contribution in [1.82, 2.24) is 10.2 Å². The van der Waals surface area contributed by atoms with Crippen molar-refractivity contribution in [3.63, 3.8) is 0 Å². The normalized spacial score (nSPS) is 20.6. The minimum atomic E-state index is -0.537. The monoisotopic (exact) mass is 230 g/mol. The van der Waals surface area contributed by atoms with Gasteiger partial charge in [-0.2, -0.15) is 0 Å². The zero-order valence-corrected chi connectivity index (χ0v) is 9.44. The van der Waals surface area contributed by atoms with E-state index >= 15 is 0 Å². The lowest BCUT2D eigenvalue weighted by Crippen LogP contribution is -2.55. The maximum Gasteiger partial charge on any atom is 0.244 e. The Labute approximate surface area is 94.6 Å². The number of rotatable bonds is 4. The molecule has 0 bridgehead atoms. The summed E-state index contributed by atoms with van der Waals surface area (Å²) in [5, 5.41) is 11.2. The number of aliphatic hydroxyl groups excluding tert-OH is 1. The van der Waals surface area contributed by atoms with E-state index in [4.69, 9.17) is 9.84 Å². The molecule has 2 amide bonds. The summed E-state index contributed by atoms with van der Waals surface area (Å²) < 4.78 is 5.19. The first-order valence-corrected chi connectivity index (χ1v) is 5.40. The number of nitrogens with zero attached hydrogens (tertiary/aromatic N) is 1. The average Bonchev–Trinajstić information content (AvgIpc) is 2.35. The van der Waals surface area contributed by atoms with Gasteiger partial charge in [-0.1, -0.05) is 0 Å². The maximum atomic E-state index is 11.8. The van der Waals surface area contributed by atoms with Gasteiger partial charge in [-0.25, -0.2) is 0 Å². The van der Waals surface area contributed by atoms with Crippen molar-refractivity contribution in [3.05, 3.63) is 0 Å². The smallest absolute Gasteiger partial charge is 0.244 e. The third kappa shape index (κ3) is 3.18. The quantitative estimate of drug-likeness (QED) is 0.631. The number of ether oxygens (including phenoxy) is 1. The van der Waals surface area contributed by atoms with Gasteiger partial charge >= 0.3 is 0 Å². The van der Waals surface area contributed by atoms with Crippen LogP contribution in [0.1, 0.15) is 12.8 Å². The van der Waals surface area contributed by atoms with Gasteiger partial charge < -0.3 is 20.1 Å².